The number of nitrogens with one attached hydrogen (secondary N) is 1. The highest BCUT2D eigenvalue weighted by Gasteiger charge is 2.04. The van der Waals surface area contributed by atoms with E-state index in [0.29, 0.717) is 11.6 Å². The maximum atomic E-state index is 13.2. The zero-order valence-electron chi connectivity index (χ0n) is 8.14. The summed E-state index contributed by atoms with van der Waals surface area (Å²) in [5.41, 5.74) is 0.157. The lowest BCUT2D eigenvalue weighted by Gasteiger charge is -2.05. The van der Waals surface area contributed by atoms with Crippen molar-refractivity contribution in [3.05, 3.63) is 51.2 Å². The molecule has 0 radical (unpaired) electrons. The Morgan fingerprint density at radius 2 is 2.06 bits per heavy atom. The smallest absolute Gasteiger partial charge is 0.146 e. The largest absolute Gasteiger partial charge is 0.378 e. The van der Waals surface area contributed by atoms with Gasteiger partial charge in [-0.25, -0.2) is 8.78 Å². The van der Waals surface area contributed by atoms with E-state index in [4.69, 9.17) is 11.6 Å². The summed E-state index contributed by atoms with van der Waals surface area (Å²) in [4.78, 5) is 0.966. The van der Waals surface area contributed by atoms with Gasteiger partial charge >= 0.3 is 0 Å². The number of thiophene rings is 1. The molecule has 1 aromatic heterocycles. The summed E-state index contributed by atoms with van der Waals surface area (Å²) in [5, 5.41) is 5.27. The molecule has 0 aliphatic rings. The molecule has 0 fully saturated rings. The van der Waals surface area contributed by atoms with Crippen molar-refractivity contribution in [2.45, 2.75) is 6.54 Å². The SMILES string of the molecule is Fc1ccc(F)c(NCc2cc(Cl)cs2)c1. The summed E-state index contributed by atoms with van der Waals surface area (Å²) in [5.74, 6) is -0.933. The molecule has 1 N–H and O–H groups in total. The lowest BCUT2D eigenvalue weighted by Crippen LogP contribution is -2.00. The lowest BCUT2D eigenvalue weighted by atomic mass is 10.3. The molecule has 16 heavy (non-hydrogen) atoms. The molecule has 0 atom stereocenters. The molecule has 0 unspecified atom stereocenters. The van der Waals surface area contributed by atoms with Crippen LogP contribution in [0.3, 0.4) is 0 Å². The topological polar surface area (TPSA) is 12.0 Å². The second-order valence-electron chi connectivity index (χ2n) is 3.21. The average molecular weight is 260 g/mol. The molecule has 0 aliphatic carbocycles. The van der Waals surface area contributed by atoms with Gasteiger partial charge in [0, 0.05) is 16.8 Å². The van der Waals surface area contributed by atoms with Crippen LogP contribution in [0.1, 0.15) is 4.88 Å². The monoisotopic (exact) mass is 259 g/mol. The zero-order chi connectivity index (χ0) is 11.5. The Balaban J connectivity index is 2.07. The fourth-order valence-corrected chi connectivity index (χ4v) is 2.27. The highest BCUT2D eigenvalue weighted by molar-refractivity contribution is 7.10. The maximum absolute atomic E-state index is 13.2. The molecule has 1 aromatic carbocycles. The van der Waals surface area contributed by atoms with Crippen LogP contribution in [0.2, 0.25) is 5.02 Å². The van der Waals surface area contributed by atoms with Gasteiger partial charge in [0.25, 0.3) is 0 Å². The van der Waals surface area contributed by atoms with Crippen LogP contribution in [0, 0.1) is 11.6 Å². The van der Waals surface area contributed by atoms with Crippen molar-refractivity contribution in [1.82, 2.24) is 0 Å². The van der Waals surface area contributed by atoms with E-state index in [9.17, 15) is 8.78 Å². The second kappa shape index (κ2) is 4.80. The van der Waals surface area contributed by atoms with Crippen molar-refractivity contribution in [2.75, 3.05) is 5.32 Å². The van der Waals surface area contributed by atoms with Crippen molar-refractivity contribution in [3.8, 4) is 0 Å². The summed E-state index contributed by atoms with van der Waals surface area (Å²) in [7, 11) is 0. The molecule has 0 bridgehead atoms. The Bertz CT molecular complexity index is 498. The molecular weight excluding hydrogens is 252 g/mol. The maximum Gasteiger partial charge on any atom is 0.146 e. The van der Waals surface area contributed by atoms with Gasteiger partial charge in [-0.1, -0.05) is 11.6 Å². The van der Waals surface area contributed by atoms with Crippen LogP contribution in [0.15, 0.2) is 29.6 Å². The van der Waals surface area contributed by atoms with E-state index in [0.717, 1.165) is 23.1 Å². The van der Waals surface area contributed by atoms with Gasteiger partial charge in [0.1, 0.15) is 11.6 Å². The minimum atomic E-state index is -0.468. The van der Waals surface area contributed by atoms with E-state index in [1.54, 1.807) is 11.4 Å². The van der Waals surface area contributed by atoms with E-state index in [2.05, 4.69) is 5.32 Å². The summed E-state index contributed by atoms with van der Waals surface area (Å²) in [6.45, 7) is 0.428. The Hall–Kier alpha value is -1.13. The second-order valence-corrected chi connectivity index (χ2v) is 4.64. The van der Waals surface area contributed by atoms with Crippen LogP contribution >= 0.6 is 22.9 Å². The van der Waals surface area contributed by atoms with Gasteiger partial charge in [0.2, 0.25) is 0 Å². The predicted octanol–water partition coefficient (Wildman–Crippen LogP) is 4.29. The Labute approximate surface area is 101 Å². The number of anilines is 1. The number of rotatable bonds is 3. The van der Waals surface area contributed by atoms with E-state index in [1.807, 2.05) is 0 Å². The molecule has 2 rings (SSSR count). The number of benzene rings is 1. The van der Waals surface area contributed by atoms with Crippen molar-refractivity contribution < 1.29 is 8.78 Å². The van der Waals surface area contributed by atoms with Crippen LogP contribution in [-0.4, -0.2) is 0 Å². The fraction of sp³-hybridized carbons (Fsp3) is 0.0909. The van der Waals surface area contributed by atoms with Gasteiger partial charge in [-0.05, 0) is 24.3 Å². The lowest BCUT2D eigenvalue weighted by molar-refractivity contribution is 0.602. The van der Waals surface area contributed by atoms with Crippen LogP contribution in [0.4, 0.5) is 14.5 Å². The molecule has 84 valence electrons. The van der Waals surface area contributed by atoms with E-state index in [1.165, 1.54) is 11.3 Å². The summed E-state index contributed by atoms with van der Waals surface area (Å²) in [6, 6.07) is 5.10. The Morgan fingerprint density at radius 1 is 1.25 bits per heavy atom. The van der Waals surface area contributed by atoms with Crippen LogP contribution < -0.4 is 5.32 Å². The molecule has 2 aromatic rings. The molecule has 1 nitrogen and oxygen atoms in total. The van der Waals surface area contributed by atoms with Crippen molar-refractivity contribution in [1.29, 1.82) is 0 Å². The average Bonchev–Trinajstić information content (AvgIpc) is 2.66. The quantitative estimate of drug-likeness (QED) is 0.867. The molecule has 0 amide bonds. The number of hydrogen-bond donors (Lipinski definition) is 1. The van der Waals surface area contributed by atoms with E-state index < -0.39 is 11.6 Å². The van der Waals surface area contributed by atoms with Crippen molar-refractivity contribution >= 4 is 28.6 Å². The van der Waals surface area contributed by atoms with Gasteiger partial charge in [0.15, 0.2) is 0 Å². The molecule has 0 spiro atoms. The Morgan fingerprint density at radius 3 is 2.75 bits per heavy atom. The highest BCUT2D eigenvalue weighted by atomic mass is 35.5. The molecule has 0 aliphatic heterocycles. The minimum Gasteiger partial charge on any atom is -0.378 e. The molecular formula is C11H8ClF2NS. The van der Waals surface area contributed by atoms with Gasteiger partial charge in [-0.15, -0.1) is 11.3 Å². The normalized spacial score (nSPS) is 10.4. The van der Waals surface area contributed by atoms with Crippen molar-refractivity contribution in [3.63, 3.8) is 0 Å². The van der Waals surface area contributed by atoms with Crippen molar-refractivity contribution in [2.24, 2.45) is 0 Å². The number of hydrogen-bond acceptors (Lipinski definition) is 2. The molecule has 0 saturated carbocycles. The highest BCUT2D eigenvalue weighted by Crippen LogP contribution is 2.21. The third kappa shape index (κ3) is 2.71. The van der Waals surface area contributed by atoms with E-state index in [-0.39, 0.29) is 5.69 Å². The van der Waals surface area contributed by atoms with Gasteiger partial charge in [-0.3, -0.25) is 0 Å². The summed E-state index contributed by atoms with van der Waals surface area (Å²) < 4.78 is 26.1. The van der Waals surface area contributed by atoms with Gasteiger partial charge in [0.05, 0.1) is 10.7 Å². The third-order valence-corrected chi connectivity index (χ3v) is 3.29. The van der Waals surface area contributed by atoms with Crippen LogP contribution in [0.5, 0.6) is 0 Å². The number of halogens is 3. The molecule has 0 saturated heterocycles. The standard InChI is InChI=1S/C11H8ClF2NS/c12-7-3-9(16-6-7)5-15-11-4-8(13)1-2-10(11)14/h1-4,6,15H,5H2. The molecule has 5 heteroatoms. The minimum absolute atomic E-state index is 0.157. The first-order valence-electron chi connectivity index (χ1n) is 4.57. The fourth-order valence-electron chi connectivity index (χ4n) is 1.26. The summed E-state index contributed by atoms with van der Waals surface area (Å²) in [6.07, 6.45) is 0. The van der Waals surface area contributed by atoms with Crippen LogP contribution in [-0.2, 0) is 6.54 Å². The zero-order valence-corrected chi connectivity index (χ0v) is 9.71. The predicted molar refractivity (Wildman–Crippen MR) is 63.0 cm³/mol. The van der Waals surface area contributed by atoms with Gasteiger partial charge < -0.3 is 5.32 Å². The summed E-state index contributed by atoms with van der Waals surface area (Å²) >= 11 is 7.22. The van der Waals surface area contributed by atoms with Gasteiger partial charge in [-0.2, -0.15) is 0 Å². The Kier molecular flexibility index (Phi) is 3.41. The third-order valence-electron chi connectivity index (χ3n) is 2.00. The first-order valence-corrected chi connectivity index (χ1v) is 5.83. The van der Waals surface area contributed by atoms with E-state index >= 15 is 0 Å². The first kappa shape index (κ1) is 11.4. The first-order chi connectivity index (χ1) is 7.65. The molecule has 1 heterocycles. The van der Waals surface area contributed by atoms with Crippen LogP contribution in [0.25, 0.3) is 0 Å².